The second-order valence-electron chi connectivity index (χ2n) is 5.66. The molecule has 0 bridgehead atoms. The monoisotopic (exact) mass is 394 g/mol. The van der Waals surface area contributed by atoms with Gasteiger partial charge in [0.2, 0.25) is 10.0 Å². The van der Waals surface area contributed by atoms with Crippen molar-refractivity contribution in [1.29, 1.82) is 0 Å². The molecule has 0 atom stereocenters. The van der Waals surface area contributed by atoms with Gasteiger partial charge in [0, 0.05) is 20.2 Å². The Kier molecular flexibility index (Phi) is 6.65. The van der Waals surface area contributed by atoms with Crippen molar-refractivity contribution in [3.8, 4) is 17.2 Å². The van der Waals surface area contributed by atoms with E-state index in [4.69, 9.17) is 14.2 Å². The van der Waals surface area contributed by atoms with Crippen molar-refractivity contribution < 1.29 is 27.4 Å². The largest absolute Gasteiger partial charge is 0.497 e. The van der Waals surface area contributed by atoms with Gasteiger partial charge in [0.05, 0.1) is 24.8 Å². The lowest BCUT2D eigenvalue weighted by Crippen LogP contribution is -2.22. The number of carbonyl (C=O) groups is 1. The second kappa shape index (κ2) is 8.74. The van der Waals surface area contributed by atoms with E-state index in [2.05, 4.69) is 5.32 Å². The van der Waals surface area contributed by atoms with Crippen LogP contribution in [0.3, 0.4) is 0 Å². The third-order valence-electron chi connectivity index (χ3n) is 3.66. The minimum absolute atomic E-state index is 0.146. The van der Waals surface area contributed by atoms with Gasteiger partial charge >= 0.3 is 0 Å². The second-order valence-corrected chi connectivity index (χ2v) is 7.81. The standard InChI is InChI=1S/C18H22N2O6S/c1-20(2)27(22,23)15-8-5-13(6-9-15)26-12-18(21)19-16-10-7-14(24-3)11-17(16)25-4/h5-11H,12H2,1-4H3,(H,19,21). The normalized spacial score (nSPS) is 11.1. The summed E-state index contributed by atoms with van der Waals surface area (Å²) in [6.45, 7) is -0.241. The maximum absolute atomic E-state index is 12.1. The molecule has 9 heteroatoms. The quantitative estimate of drug-likeness (QED) is 0.736. The van der Waals surface area contributed by atoms with Gasteiger partial charge in [0.15, 0.2) is 6.61 Å². The van der Waals surface area contributed by atoms with E-state index in [0.717, 1.165) is 4.31 Å². The van der Waals surface area contributed by atoms with Gasteiger partial charge in [-0.25, -0.2) is 12.7 Å². The zero-order chi connectivity index (χ0) is 20.0. The van der Waals surface area contributed by atoms with Gasteiger partial charge in [-0.1, -0.05) is 0 Å². The molecule has 0 fully saturated rings. The molecule has 2 aromatic carbocycles. The van der Waals surface area contributed by atoms with Crippen LogP contribution < -0.4 is 19.5 Å². The molecule has 8 nitrogen and oxygen atoms in total. The number of benzene rings is 2. The summed E-state index contributed by atoms with van der Waals surface area (Å²) in [6, 6.07) is 10.9. The van der Waals surface area contributed by atoms with Crippen LogP contribution in [0, 0.1) is 0 Å². The van der Waals surface area contributed by atoms with Crippen molar-refractivity contribution in [1.82, 2.24) is 4.31 Å². The molecule has 1 amide bonds. The van der Waals surface area contributed by atoms with Crippen LogP contribution in [0.5, 0.6) is 17.2 Å². The first-order valence-corrected chi connectivity index (χ1v) is 9.39. The Morgan fingerprint density at radius 3 is 2.19 bits per heavy atom. The number of amides is 1. The number of nitrogens with one attached hydrogen (secondary N) is 1. The molecule has 0 heterocycles. The van der Waals surface area contributed by atoms with Crippen molar-refractivity contribution in [2.45, 2.75) is 4.90 Å². The van der Waals surface area contributed by atoms with Gasteiger partial charge in [0.25, 0.3) is 5.91 Å². The lowest BCUT2D eigenvalue weighted by atomic mass is 10.2. The Morgan fingerprint density at radius 2 is 1.63 bits per heavy atom. The minimum Gasteiger partial charge on any atom is -0.497 e. The van der Waals surface area contributed by atoms with Crippen molar-refractivity contribution in [2.24, 2.45) is 0 Å². The molecule has 0 aliphatic rings. The molecular formula is C18H22N2O6S. The Bertz CT molecular complexity index is 895. The number of nitrogens with zero attached hydrogens (tertiary/aromatic N) is 1. The van der Waals surface area contributed by atoms with Gasteiger partial charge in [-0.05, 0) is 36.4 Å². The smallest absolute Gasteiger partial charge is 0.262 e. The summed E-state index contributed by atoms with van der Waals surface area (Å²) < 4.78 is 40.9. The zero-order valence-electron chi connectivity index (χ0n) is 15.6. The van der Waals surface area contributed by atoms with E-state index in [-0.39, 0.29) is 17.4 Å². The minimum atomic E-state index is -3.50. The fourth-order valence-corrected chi connectivity index (χ4v) is 3.06. The van der Waals surface area contributed by atoms with E-state index in [1.165, 1.54) is 52.6 Å². The molecule has 1 N–H and O–H groups in total. The fourth-order valence-electron chi connectivity index (χ4n) is 2.16. The molecule has 27 heavy (non-hydrogen) atoms. The van der Waals surface area contributed by atoms with Gasteiger partial charge in [-0.15, -0.1) is 0 Å². The number of sulfonamides is 1. The molecule has 0 aliphatic carbocycles. The van der Waals surface area contributed by atoms with Crippen molar-refractivity contribution in [2.75, 3.05) is 40.2 Å². The highest BCUT2D eigenvalue weighted by atomic mass is 32.2. The summed E-state index contributed by atoms with van der Waals surface area (Å²) in [7, 11) is 2.43. The molecule has 0 saturated carbocycles. The fraction of sp³-hybridized carbons (Fsp3) is 0.278. The van der Waals surface area contributed by atoms with Crippen LogP contribution >= 0.6 is 0 Å². The first kappa shape index (κ1) is 20.5. The topological polar surface area (TPSA) is 94.2 Å². The van der Waals surface area contributed by atoms with Crippen molar-refractivity contribution >= 4 is 21.6 Å². The lowest BCUT2D eigenvalue weighted by Gasteiger charge is -2.13. The number of hydrogen-bond donors (Lipinski definition) is 1. The molecule has 0 saturated heterocycles. The maximum atomic E-state index is 12.1. The van der Waals surface area contributed by atoms with E-state index >= 15 is 0 Å². The van der Waals surface area contributed by atoms with Gasteiger partial charge in [-0.3, -0.25) is 4.79 Å². The first-order chi connectivity index (χ1) is 12.8. The molecule has 0 aromatic heterocycles. The molecule has 2 rings (SSSR count). The van der Waals surface area contributed by atoms with E-state index < -0.39 is 10.0 Å². The number of hydrogen-bond acceptors (Lipinski definition) is 6. The van der Waals surface area contributed by atoms with E-state index in [1.54, 1.807) is 18.2 Å². The van der Waals surface area contributed by atoms with Crippen LogP contribution in [-0.2, 0) is 14.8 Å². The summed E-state index contributed by atoms with van der Waals surface area (Å²) >= 11 is 0. The summed E-state index contributed by atoms with van der Waals surface area (Å²) in [5.41, 5.74) is 0.485. The first-order valence-electron chi connectivity index (χ1n) is 7.95. The van der Waals surface area contributed by atoms with Crippen LogP contribution in [0.2, 0.25) is 0 Å². The summed E-state index contributed by atoms with van der Waals surface area (Å²) in [6.07, 6.45) is 0. The van der Waals surface area contributed by atoms with Crippen LogP contribution in [0.1, 0.15) is 0 Å². The van der Waals surface area contributed by atoms with Crippen molar-refractivity contribution in [3.63, 3.8) is 0 Å². The maximum Gasteiger partial charge on any atom is 0.262 e. The highest BCUT2D eigenvalue weighted by Gasteiger charge is 2.17. The Hall–Kier alpha value is -2.78. The number of methoxy groups -OCH3 is 2. The number of rotatable bonds is 8. The Morgan fingerprint density at radius 1 is 1.00 bits per heavy atom. The highest BCUT2D eigenvalue weighted by molar-refractivity contribution is 7.89. The molecule has 0 spiro atoms. The summed E-state index contributed by atoms with van der Waals surface area (Å²) in [4.78, 5) is 12.2. The third-order valence-corrected chi connectivity index (χ3v) is 5.48. The van der Waals surface area contributed by atoms with Gasteiger partial charge in [0.1, 0.15) is 17.2 Å². The highest BCUT2D eigenvalue weighted by Crippen LogP contribution is 2.29. The molecular weight excluding hydrogens is 372 g/mol. The zero-order valence-corrected chi connectivity index (χ0v) is 16.4. The molecule has 0 radical (unpaired) electrons. The van der Waals surface area contributed by atoms with Crippen molar-refractivity contribution in [3.05, 3.63) is 42.5 Å². The van der Waals surface area contributed by atoms with E-state index in [0.29, 0.717) is 22.9 Å². The Balaban J connectivity index is 1.98. The summed E-state index contributed by atoms with van der Waals surface area (Å²) in [5.74, 6) is 1.06. The van der Waals surface area contributed by atoms with Gasteiger partial charge < -0.3 is 19.5 Å². The molecule has 0 unspecified atom stereocenters. The SMILES string of the molecule is COc1ccc(NC(=O)COc2ccc(S(=O)(=O)N(C)C)cc2)c(OC)c1. The third kappa shape index (κ3) is 5.11. The average Bonchev–Trinajstić information content (AvgIpc) is 2.66. The van der Waals surface area contributed by atoms with Crippen LogP contribution in [0.25, 0.3) is 0 Å². The Labute approximate surface area is 158 Å². The number of ether oxygens (including phenoxy) is 3. The average molecular weight is 394 g/mol. The predicted molar refractivity (Wildman–Crippen MR) is 101 cm³/mol. The molecule has 146 valence electrons. The number of carbonyl (C=O) groups excluding carboxylic acids is 1. The number of anilines is 1. The van der Waals surface area contributed by atoms with Crippen LogP contribution in [-0.4, -0.2) is 53.6 Å². The van der Waals surface area contributed by atoms with Crippen LogP contribution in [0.4, 0.5) is 5.69 Å². The molecule has 2 aromatic rings. The summed E-state index contributed by atoms with van der Waals surface area (Å²) in [5, 5.41) is 2.69. The van der Waals surface area contributed by atoms with E-state index in [9.17, 15) is 13.2 Å². The molecule has 0 aliphatic heterocycles. The lowest BCUT2D eigenvalue weighted by molar-refractivity contribution is -0.118. The van der Waals surface area contributed by atoms with E-state index in [1.807, 2.05) is 0 Å². The van der Waals surface area contributed by atoms with Gasteiger partial charge in [-0.2, -0.15) is 0 Å². The predicted octanol–water partition coefficient (Wildman–Crippen LogP) is 1.97. The van der Waals surface area contributed by atoms with Crippen LogP contribution in [0.15, 0.2) is 47.4 Å².